The summed E-state index contributed by atoms with van der Waals surface area (Å²) in [6, 6.07) is 4.66. The lowest BCUT2D eigenvalue weighted by atomic mass is 10.1. The Morgan fingerprint density at radius 3 is 2.31 bits per heavy atom. The van der Waals surface area contributed by atoms with Crippen LogP contribution in [0.5, 0.6) is 0 Å². The van der Waals surface area contributed by atoms with Crippen LogP contribution in [-0.4, -0.2) is 24.7 Å². The van der Waals surface area contributed by atoms with Gasteiger partial charge in [0.05, 0.1) is 5.69 Å². The molecule has 9 heteroatoms. The maximum Gasteiger partial charge on any atom is 0.255 e. The van der Waals surface area contributed by atoms with Crippen LogP contribution in [-0.2, 0) is 0 Å². The predicted molar refractivity (Wildman–Crippen MR) is 89.2 cm³/mol. The minimum Gasteiger partial charge on any atom is -0.370 e. The van der Waals surface area contributed by atoms with Crippen molar-refractivity contribution in [2.75, 3.05) is 29.1 Å². The van der Waals surface area contributed by atoms with E-state index >= 15 is 0 Å². The number of amides is 1. The van der Waals surface area contributed by atoms with Gasteiger partial charge in [-0.15, -0.1) is 11.8 Å². The molecule has 0 spiro atoms. The molecule has 1 N–H and O–H groups in total. The Morgan fingerprint density at radius 1 is 1.08 bits per heavy atom. The van der Waals surface area contributed by atoms with Crippen molar-refractivity contribution >= 4 is 29.0 Å². The Morgan fingerprint density at radius 2 is 1.69 bits per heavy atom. The quantitative estimate of drug-likeness (QED) is 0.475. The Bertz CT molecular complexity index is 861. The second kappa shape index (κ2) is 7.14. The van der Waals surface area contributed by atoms with Gasteiger partial charge < -0.3 is 10.2 Å². The summed E-state index contributed by atoms with van der Waals surface area (Å²) in [5.74, 6) is -10.8. The molecule has 2 aromatic rings. The highest BCUT2D eigenvalue weighted by atomic mass is 32.2. The topological polar surface area (TPSA) is 32.3 Å². The molecule has 0 radical (unpaired) electrons. The maximum atomic E-state index is 13.7. The molecule has 0 fully saturated rings. The first kappa shape index (κ1) is 18.5. The molecule has 2 aromatic carbocycles. The fourth-order valence-corrected chi connectivity index (χ4v) is 3.67. The third-order valence-corrected chi connectivity index (χ3v) is 5.05. The largest absolute Gasteiger partial charge is 0.370 e. The van der Waals surface area contributed by atoms with E-state index < -0.39 is 40.7 Å². The van der Waals surface area contributed by atoms with Crippen molar-refractivity contribution in [1.82, 2.24) is 0 Å². The molecule has 1 amide bonds. The summed E-state index contributed by atoms with van der Waals surface area (Å²) in [6.45, 7) is 3.43. The normalized spacial score (nSPS) is 13.5. The van der Waals surface area contributed by atoms with E-state index in [1.165, 1.54) is 12.1 Å². The van der Waals surface area contributed by atoms with Crippen LogP contribution >= 0.6 is 11.8 Å². The van der Waals surface area contributed by atoms with Gasteiger partial charge in [-0.05, 0) is 25.1 Å². The standard InChI is InChI=1S/C17H13F5N2OS/c1-2-24-5-6-26-10-4-3-8(7-9(10)24)17(25)23-16-14(21)12(19)11(18)13(20)15(16)22/h3-4,7H,2,5-6H2,1H3,(H,23,25). The Kier molecular flexibility index (Phi) is 5.08. The third kappa shape index (κ3) is 3.11. The van der Waals surface area contributed by atoms with Crippen molar-refractivity contribution in [3.63, 3.8) is 0 Å². The molecule has 26 heavy (non-hydrogen) atoms. The van der Waals surface area contributed by atoms with E-state index in [-0.39, 0.29) is 5.56 Å². The Balaban J connectivity index is 1.95. The van der Waals surface area contributed by atoms with Gasteiger partial charge >= 0.3 is 0 Å². The molecule has 0 atom stereocenters. The molecule has 1 heterocycles. The molecule has 0 aliphatic carbocycles. The van der Waals surface area contributed by atoms with Crippen LogP contribution in [0.3, 0.4) is 0 Å². The lowest BCUT2D eigenvalue weighted by Crippen LogP contribution is -2.29. The van der Waals surface area contributed by atoms with E-state index in [0.29, 0.717) is 6.54 Å². The number of rotatable bonds is 3. The van der Waals surface area contributed by atoms with Crippen LogP contribution in [0.4, 0.5) is 33.3 Å². The van der Waals surface area contributed by atoms with Gasteiger partial charge in [0.1, 0.15) is 5.69 Å². The summed E-state index contributed by atoms with van der Waals surface area (Å²) in [4.78, 5) is 15.3. The first-order chi connectivity index (χ1) is 12.3. The lowest BCUT2D eigenvalue weighted by Gasteiger charge is -2.30. The van der Waals surface area contributed by atoms with Crippen LogP contribution in [0.2, 0.25) is 0 Å². The molecule has 1 aliphatic rings. The molecule has 0 unspecified atom stereocenters. The zero-order chi connectivity index (χ0) is 19.0. The Hall–Kier alpha value is -2.29. The molecule has 3 rings (SSSR count). The number of hydrogen-bond acceptors (Lipinski definition) is 3. The maximum absolute atomic E-state index is 13.7. The molecule has 0 saturated carbocycles. The predicted octanol–water partition coefficient (Wildman–Crippen LogP) is 4.57. The third-order valence-electron chi connectivity index (χ3n) is 4.01. The van der Waals surface area contributed by atoms with Gasteiger partial charge in [-0.3, -0.25) is 4.79 Å². The van der Waals surface area contributed by atoms with E-state index in [1.807, 2.05) is 11.8 Å². The minimum absolute atomic E-state index is 0.0497. The smallest absolute Gasteiger partial charge is 0.255 e. The van der Waals surface area contributed by atoms with E-state index in [4.69, 9.17) is 0 Å². The van der Waals surface area contributed by atoms with Gasteiger partial charge in [0.25, 0.3) is 5.91 Å². The minimum atomic E-state index is -2.28. The average Bonchev–Trinajstić information content (AvgIpc) is 2.67. The number of anilines is 2. The summed E-state index contributed by atoms with van der Waals surface area (Å²) in [7, 11) is 0. The van der Waals surface area contributed by atoms with Crippen molar-refractivity contribution in [3.05, 3.63) is 52.8 Å². The van der Waals surface area contributed by atoms with Gasteiger partial charge in [0.2, 0.25) is 5.82 Å². The van der Waals surface area contributed by atoms with Crippen LogP contribution in [0.15, 0.2) is 23.1 Å². The van der Waals surface area contributed by atoms with Crippen molar-refractivity contribution in [2.24, 2.45) is 0 Å². The summed E-state index contributed by atoms with van der Waals surface area (Å²) >= 11 is 1.61. The second-order valence-electron chi connectivity index (χ2n) is 5.51. The summed E-state index contributed by atoms with van der Waals surface area (Å²) in [5.41, 5.74) is -0.534. The number of fused-ring (bicyclic) bond motifs is 1. The number of carbonyl (C=O) groups excluding carboxylic acids is 1. The number of thioether (sulfide) groups is 1. The van der Waals surface area contributed by atoms with Crippen molar-refractivity contribution in [2.45, 2.75) is 11.8 Å². The van der Waals surface area contributed by atoms with Crippen LogP contribution in [0, 0.1) is 29.1 Å². The van der Waals surface area contributed by atoms with Crippen LogP contribution < -0.4 is 10.2 Å². The van der Waals surface area contributed by atoms with Crippen molar-refractivity contribution < 1.29 is 26.7 Å². The first-order valence-corrected chi connectivity index (χ1v) is 8.68. The van der Waals surface area contributed by atoms with E-state index in [1.54, 1.807) is 23.1 Å². The SMILES string of the molecule is CCN1CCSc2ccc(C(=O)Nc3c(F)c(F)c(F)c(F)c3F)cc21. The molecule has 138 valence electrons. The van der Waals surface area contributed by atoms with Crippen molar-refractivity contribution in [3.8, 4) is 0 Å². The Labute approximate surface area is 150 Å². The highest BCUT2D eigenvalue weighted by molar-refractivity contribution is 7.99. The van der Waals surface area contributed by atoms with Gasteiger partial charge in [-0.2, -0.15) is 0 Å². The first-order valence-electron chi connectivity index (χ1n) is 7.69. The van der Waals surface area contributed by atoms with E-state index in [2.05, 4.69) is 0 Å². The molecule has 1 aliphatic heterocycles. The fourth-order valence-electron chi connectivity index (χ4n) is 2.64. The molecule has 0 aromatic heterocycles. The molecular weight excluding hydrogens is 375 g/mol. The summed E-state index contributed by atoms with van der Waals surface area (Å²) in [5, 5.41) is 1.78. The summed E-state index contributed by atoms with van der Waals surface area (Å²) < 4.78 is 67.0. The van der Waals surface area contributed by atoms with Crippen LogP contribution in [0.1, 0.15) is 17.3 Å². The number of benzene rings is 2. The average molecular weight is 388 g/mol. The van der Waals surface area contributed by atoms with Gasteiger partial charge in [0.15, 0.2) is 23.3 Å². The highest BCUT2D eigenvalue weighted by Gasteiger charge is 2.27. The second-order valence-corrected chi connectivity index (χ2v) is 6.65. The highest BCUT2D eigenvalue weighted by Crippen LogP contribution is 2.35. The fraction of sp³-hybridized carbons (Fsp3) is 0.235. The van der Waals surface area contributed by atoms with E-state index in [0.717, 1.165) is 22.9 Å². The number of carbonyl (C=O) groups is 1. The van der Waals surface area contributed by atoms with Gasteiger partial charge in [0, 0.05) is 29.3 Å². The monoisotopic (exact) mass is 388 g/mol. The molecular formula is C17H13F5N2OS. The molecule has 0 saturated heterocycles. The number of hydrogen-bond donors (Lipinski definition) is 1. The molecule has 0 bridgehead atoms. The molecule has 3 nitrogen and oxygen atoms in total. The van der Waals surface area contributed by atoms with E-state index in [9.17, 15) is 26.7 Å². The van der Waals surface area contributed by atoms with Gasteiger partial charge in [-0.1, -0.05) is 0 Å². The summed E-state index contributed by atoms with van der Waals surface area (Å²) in [6.07, 6.45) is 0. The number of halogens is 5. The van der Waals surface area contributed by atoms with Crippen molar-refractivity contribution in [1.29, 1.82) is 0 Å². The zero-order valence-corrected chi connectivity index (χ0v) is 14.3. The lowest BCUT2D eigenvalue weighted by molar-refractivity contribution is 0.102. The zero-order valence-electron chi connectivity index (χ0n) is 13.5. The number of nitrogens with zero attached hydrogens (tertiary/aromatic N) is 1. The van der Waals surface area contributed by atoms with Gasteiger partial charge in [-0.25, -0.2) is 22.0 Å². The number of nitrogens with one attached hydrogen (secondary N) is 1. The van der Waals surface area contributed by atoms with Crippen LogP contribution in [0.25, 0.3) is 0 Å².